The van der Waals surface area contributed by atoms with Crippen LogP contribution in [0.1, 0.15) is 25.8 Å². The molecule has 0 aliphatic carbocycles. The first-order valence-electron chi connectivity index (χ1n) is 12.6. The zero-order valence-corrected chi connectivity index (χ0v) is 23.5. The number of carbonyl (C=O) groups is 2. The van der Waals surface area contributed by atoms with Crippen LogP contribution in [0.2, 0.25) is 0 Å². The molecule has 208 valence electrons. The molecule has 0 fully saturated rings. The van der Waals surface area contributed by atoms with Crippen LogP contribution in [0.4, 0.5) is 5.69 Å². The minimum atomic E-state index is -4.14. The van der Waals surface area contributed by atoms with Gasteiger partial charge in [0.25, 0.3) is 10.0 Å². The first-order chi connectivity index (χ1) is 18.7. The molecule has 0 spiro atoms. The maximum absolute atomic E-state index is 13.9. The number of ether oxygens (including phenoxy) is 2. The maximum atomic E-state index is 13.9. The largest absolute Gasteiger partial charge is 0.497 e. The first kappa shape index (κ1) is 29.5. The van der Waals surface area contributed by atoms with Crippen molar-refractivity contribution in [3.05, 3.63) is 84.4 Å². The lowest BCUT2D eigenvalue weighted by Gasteiger charge is -2.32. The van der Waals surface area contributed by atoms with E-state index < -0.39 is 28.5 Å². The highest BCUT2D eigenvalue weighted by molar-refractivity contribution is 7.92. The molecule has 9 nitrogen and oxygen atoms in total. The van der Waals surface area contributed by atoms with Crippen LogP contribution < -0.4 is 19.1 Å². The number of sulfonamides is 1. The summed E-state index contributed by atoms with van der Waals surface area (Å²) in [7, 11) is -1.10. The van der Waals surface area contributed by atoms with Crippen molar-refractivity contribution in [3.8, 4) is 11.5 Å². The van der Waals surface area contributed by atoms with Gasteiger partial charge in [-0.3, -0.25) is 13.9 Å². The number of hydrogen-bond acceptors (Lipinski definition) is 6. The Balaban J connectivity index is 1.99. The summed E-state index contributed by atoms with van der Waals surface area (Å²) in [5.74, 6) is 0.263. The number of carbonyl (C=O) groups excluding carboxylic acids is 2. The van der Waals surface area contributed by atoms with Crippen LogP contribution >= 0.6 is 0 Å². The molecule has 0 heterocycles. The summed E-state index contributed by atoms with van der Waals surface area (Å²) >= 11 is 0. The molecule has 0 saturated carbocycles. The highest BCUT2D eigenvalue weighted by Crippen LogP contribution is 2.26. The Morgan fingerprint density at radius 1 is 0.897 bits per heavy atom. The van der Waals surface area contributed by atoms with Gasteiger partial charge in [0.1, 0.15) is 24.1 Å². The van der Waals surface area contributed by atoms with Gasteiger partial charge in [-0.05, 0) is 67.4 Å². The van der Waals surface area contributed by atoms with Crippen LogP contribution in [0.5, 0.6) is 11.5 Å². The summed E-state index contributed by atoms with van der Waals surface area (Å²) in [6.07, 6.45) is 0.740. The standard InChI is InChI=1S/C29H35N3O6S/c1-5-18-30-29(34)22(2)31(20-23-10-9-13-26(19-23)38-4)28(33)21-32(24-11-7-6-8-12-24)39(35,36)27-16-14-25(37-3)15-17-27/h6-17,19,22H,5,18,20-21H2,1-4H3,(H,30,34). The molecule has 0 saturated heterocycles. The molecule has 0 aromatic heterocycles. The van der Waals surface area contributed by atoms with E-state index in [1.807, 2.05) is 13.0 Å². The number of nitrogens with one attached hydrogen (secondary N) is 1. The van der Waals surface area contributed by atoms with Gasteiger partial charge in [-0.15, -0.1) is 0 Å². The van der Waals surface area contributed by atoms with Crippen LogP contribution in [-0.4, -0.2) is 58.5 Å². The first-order valence-corrected chi connectivity index (χ1v) is 14.1. The Morgan fingerprint density at radius 2 is 1.56 bits per heavy atom. The third-order valence-electron chi connectivity index (χ3n) is 6.17. The van der Waals surface area contributed by atoms with E-state index in [0.717, 1.165) is 16.3 Å². The summed E-state index contributed by atoms with van der Waals surface area (Å²) in [5, 5.41) is 2.83. The zero-order valence-electron chi connectivity index (χ0n) is 22.7. The highest BCUT2D eigenvalue weighted by atomic mass is 32.2. The molecule has 39 heavy (non-hydrogen) atoms. The van der Waals surface area contributed by atoms with E-state index in [9.17, 15) is 18.0 Å². The molecule has 0 bridgehead atoms. The number of rotatable bonds is 13. The van der Waals surface area contributed by atoms with Crippen molar-refractivity contribution in [1.82, 2.24) is 10.2 Å². The van der Waals surface area contributed by atoms with Crippen LogP contribution in [-0.2, 0) is 26.2 Å². The number of anilines is 1. The molecule has 3 aromatic carbocycles. The second-order valence-electron chi connectivity index (χ2n) is 8.86. The Labute approximate surface area is 230 Å². The monoisotopic (exact) mass is 553 g/mol. The molecule has 1 atom stereocenters. The Kier molecular flexibility index (Phi) is 10.3. The normalized spacial score (nSPS) is 11.8. The SMILES string of the molecule is CCCNC(=O)C(C)N(Cc1cccc(OC)c1)C(=O)CN(c1ccccc1)S(=O)(=O)c1ccc(OC)cc1. The van der Waals surface area contributed by atoms with E-state index >= 15 is 0 Å². The third-order valence-corrected chi connectivity index (χ3v) is 7.96. The fourth-order valence-electron chi connectivity index (χ4n) is 3.94. The van der Waals surface area contributed by atoms with E-state index in [0.29, 0.717) is 23.7 Å². The minimum Gasteiger partial charge on any atom is -0.497 e. The number of benzene rings is 3. The van der Waals surface area contributed by atoms with E-state index in [4.69, 9.17) is 9.47 Å². The number of hydrogen-bond donors (Lipinski definition) is 1. The Morgan fingerprint density at radius 3 is 2.18 bits per heavy atom. The van der Waals surface area contributed by atoms with E-state index in [-0.39, 0.29) is 17.3 Å². The van der Waals surface area contributed by atoms with Crippen LogP contribution in [0, 0.1) is 0 Å². The second-order valence-corrected chi connectivity index (χ2v) is 10.7. The quantitative estimate of drug-likeness (QED) is 0.345. The Hall–Kier alpha value is -4.05. The number of methoxy groups -OCH3 is 2. The van der Waals surface area contributed by atoms with Crippen molar-refractivity contribution in [2.45, 2.75) is 37.8 Å². The van der Waals surface area contributed by atoms with Gasteiger partial charge >= 0.3 is 0 Å². The summed E-state index contributed by atoms with van der Waals surface area (Å²) in [4.78, 5) is 28.2. The minimum absolute atomic E-state index is 0.00744. The van der Waals surface area contributed by atoms with E-state index in [2.05, 4.69) is 5.32 Å². The topological polar surface area (TPSA) is 105 Å². The molecular weight excluding hydrogens is 518 g/mol. The van der Waals surface area contributed by atoms with E-state index in [1.54, 1.807) is 74.7 Å². The predicted molar refractivity (Wildman–Crippen MR) is 150 cm³/mol. The van der Waals surface area contributed by atoms with Crippen LogP contribution in [0.15, 0.2) is 83.8 Å². The highest BCUT2D eigenvalue weighted by Gasteiger charge is 2.32. The van der Waals surface area contributed by atoms with Gasteiger partial charge < -0.3 is 19.7 Å². The van der Waals surface area contributed by atoms with Gasteiger partial charge in [-0.1, -0.05) is 37.3 Å². The molecule has 3 rings (SSSR count). The van der Waals surface area contributed by atoms with Gasteiger partial charge in [0, 0.05) is 13.1 Å². The molecule has 1 unspecified atom stereocenters. The molecular formula is C29H35N3O6S. The summed E-state index contributed by atoms with van der Waals surface area (Å²) in [6, 6.07) is 20.7. The lowest BCUT2D eigenvalue weighted by molar-refractivity contribution is -0.139. The van der Waals surface area contributed by atoms with Crippen molar-refractivity contribution in [2.75, 3.05) is 31.6 Å². The van der Waals surface area contributed by atoms with Gasteiger partial charge in [-0.2, -0.15) is 0 Å². The molecule has 0 aliphatic heterocycles. The van der Waals surface area contributed by atoms with Gasteiger partial charge in [0.15, 0.2) is 0 Å². The van der Waals surface area contributed by atoms with Crippen molar-refractivity contribution < 1.29 is 27.5 Å². The fourth-order valence-corrected chi connectivity index (χ4v) is 5.36. The fraction of sp³-hybridized carbons (Fsp3) is 0.310. The van der Waals surface area contributed by atoms with Crippen LogP contribution in [0.3, 0.4) is 0 Å². The molecule has 0 aliphatic rings. The summed E-state index contributed by atoms with van der Waals surface area (Å²) in [5.41, 5.74) is 1.06. The third kappa shape index (κ3) is 7.51. The lowest BCUT2D eigenvalue weighted by atomic mass is 10.1. The molecule has 3 aromatic rings. The van der Waals surface area contributed by atoms with Crippen molar-refractivity contribution >= 4 is 27.5 Å². The van der Waals surface area contributed by atoms with Crippen molar-refractivity contribution in [3.63, 3.8) is 0 Å². The van der Waals surface area contributed by atoms with Crippen molar-refractivity contribution in [2.24, 2.45) is 0 Å². The molecule has 10 heteroatoms. The summed E-state index contributed by atoms with van der Waals surface area (Å²) < 4.78 is 39.1. The average Bonchev–Trinajstić information content (AvgIpc) is 2.97. The molecule has 1 N–H and O–H groups in total. The zero-order chi connectivity index (χ0) is 28.4. The lowest BCUT2D eigenvalue weighted by Crippen LogP contribution is -2.51. The number of nitrogens with zero attached hydrogens (tertiary/aromatic N) is 2. The molecule has 0 radical (unpaired) electrons. The average molecular weight is 554 g/mol. The van der Waals surface area contributed by atoms with Gasteiger partial charge in [0.05, 0.1) is 24.8 Å². The summed E-state index contributed by atoms with van der Waals surface area (Å²) in [6.45, 7) is 3.61. The second kappa shape index (κ2) is 13.7. The Bertz CT molecular complexity index is 1350. The van der Waals surface area contributed by atoms with E-state index in [1.165, 1.54) is 24.1 Å². The predicted octanol–water partition coefficient (Wildman–Crippen LogP) is 3.84. The molecule has 2 amide bonds. The smallest absolute Gasteiger partial charge is 0.264 e. The number of para-hydroxylation sites is 1. The number of amides is 2. The van der Waals surface area contributed by atoms with Crippen molar-refractivity contribution in [1.29, 1.82) is 0 Å². The van der Waals surface area contributed by atoms with Crippen LogP contribution in [0.25, 0.3) is 0 Å². The maximum Gasteiger partial charge on any atom is 0.264 e. The van der Waals surface area contributed by atoms with Gasteiger partial charge in [-0.25, -0.2) is 8.42 Å². The van der Waals surface area contributed by atoms with Gasteiger partial charge in [0.2, 0.25) is 11.8 Å².